The van der Waals surface area contributed by atoms with Crippen LogP contribution in [0.1, 0.15) is 11.1 Å². The lowest BCUT2D eigenvalue weighted by Gasteiger charge is -2.14. The monoisotopic (exact) mass is 433 g/mol. The van der Waals surface area contributed by atoms with Crippen molar-refractivity contribution in [3.8, 4) is 34.3 Å². The molecule has 0 amide bonds. The second kappa shape index (κ2) is 8.93. The third-order valence-corrected chi connectivity index (χ3v) is 5.10. The molecule has 0 fully saturated rings. The van der Waals surface area contributed by atoms with E-state index < -0.39 is 0 Å². The summed E-state index contributed by atoms with van der Waals surface area (Å²) >= 11 is 0. The first-order chi connectivity index (χ1) is 15.5. The number of aromatic nitrogens is 5. The van der Waals surface area contributed by atoms with Crippen LogP contribution in [0.4, 0.5) is 0 Å². The van der Waals surface area contributed by atoms with Gasteiger partial charge in [-0.15, -0.1) is 0 Å². The van der Waals surface area contributed by atoms with Gasteiger partial charge in [-0.1, -0.05) is 24.3 Å². The molecule has 0 bridgehead atoms. The van der Waals surface area contributed by atoms with Crippen molar-refractivity contribution in [3.05, 3.63) is 76.2 Å². The number of tetrazole rings is 1. The fourth-order valence-corrected chi connectivity index (χ4v) is 3.42. The van der Waals surface area contributed by atoms with Gasteiger partial charge in [-0.05, 0) is 47.2 Å². The summed E-state index contributed by atoms with van der Waals surface area (Å²) in [4.78, 5) is 17.0. The van der Waals surface area contributed by atoms with Crippen molar-refractivity contribution in [3.63, 3.8) is 0 Å². The van der Waals surface area contributed by atoms with E-state index in [0.717, 1.165) is 16.7 Å². The number of benzene rings is 2. The first kappa shape index (κ1) is 21.1. The Hall–Kier alpha value is -4.14. The maximum absolute atomic E-state index is 12.3. The summed E-state index contributed by atoms with van der Waals surface area (Å²) in [5, 5.41) is 7.75. The molecule has 9 nitrogen and oxygen atoms in total. The Morgan fingerprint density at radius 3 is 2.44 bits per heavy atom. The van der Waals surface area contributed by atoms with E-state index in [1.54, 1.807) is 27.3 Å². The minimum absolute atomic E-state index is 0.205. The number of nitrogens with zero attached hydrogens (tertiary/aromatic N) is 5. The second-order valence-electron chi connectivity index (χ2n) is 7.06. The lowest BCUT2D eigenvalue weighted by molar-refractivity contribution is 0.293. The highest BCUT2D eigenvalue weighted by Crippen LogP contribution is 2.37. The Balaban J connectivity index is 1.65. The molecule has 0 saturated carbocycles. The molecular formula is C23H23N5O4. The van der Waals surface area contributed by atoms with E-state index in [4.69, 9.17) is 14.2 Å². The third-order valence-electron chi connectivity index (χ3n) is 5.10. The van der Waals surface area contributed by atoms with E-state index in [9.17, 15) is 4.79 Å². The summed E-state index contributed by atoms with van der Waals surface area (Å²) in [6, 6.07) is 16.8. The normalized spacial score (nSPS) is 10.8. The Kier molecular flexibility index (Phi) is 5.89. The van der Waals surface area contributed by atoms with Crippen molar-refractivity contribution in [1.82, 2.24) is 24.8 Å². The quantitative estimate of drug-likeness (QED) is 0.442. The van der Waals surface area contributed by atoms with Crippen LogP contribution < -0.4 is 19.9 Å². The predicted molar refractivity (Wildman–Crippen MR) is 118 cm³/mol. The molecule has 0 saturated heterocycles. The van der Waals surface area contributed by atoms with Gasteiger partial charge in [-0.2, -0.15) is 9.36 Å². The van der Waals surface area contributed by atoms with Crippen molar-refractivity contribution in [2.24, 2.45) is 7.05 Å². The summed E-state index contributed by atoms with van der Waals surface area (Å²) in [5.41, 5.74) is 3.55. The molecule has 4 rings (SSSR count). The standard InChI is InChI=1S/C23H23N5O4/c1-15-8-5-11-19(28-23(29)27(2)25-26-28)17(15)14-32-21-13-7-10-18(24-21)16-9-6-12-20(30-3)22(16)31-4/h5-13H,14H2,1-4H3. The SMILES string of the molecule is COc1cccc(-c2cccc(OCc3c(C)cccc3-n3nnn(C)c3=O)n2)c1OC. The van der Waals surface area contributed by atoms with Crippen molar-refractivity contribution in [2.45, 2.75) is 13.5 Å². The van der Waals surface area contributed by atoms with E-state index in [1.807, 2.05) is 55.5 Å². The number of ether oxygens (including phenoxy) is 3. The number of hydrogen-bond donors (Lipinski definition) is 0. The first-order valence-corrected chi connectivity index (χ1v) is 9.92. The summed E-state index contributed by atoms with van der Waals surface area (Å²) in [6.07, 6.45) is 0. The Labute approximate surface area is 184 Å². The minimum atomic E-state index is -0.331. The smallest absolute Gasteiger partial charge is 0.368 e. The number of hydrogen-bond acceptors (Lipinski definition) is 7. The molecule has 0 atom stereocenters. The van der Waals surface area contributed by atoms with Gasteiger partial charge in [0.1, 0.15) is 6.61 Å². The van der Waals surface area contributed by atoms with Crippen LogP contribution in [0.5, 0.6) is 17.4 Å². The minimum Gasteiger partial charge on any atom is -0.493 e. The van der Waals surface area contributed by atoms with E-state index in [-0.39, 0.29) is 12.3 Å². The molecule has 0 aliphatic carbocycles. The third kappa shape index (κ3) is 3.92. The molecule has 2 heterocycles. The molecular weight excluding hydrogens is 410 g/mol. The molecule has 0 spiro atoms. The van der Waals surface area contributed by atoms with Crippen molar-refractivity contribution in [2.75, 3.05) is 14.2 Å². The van der Waals surface area contributed by atoms with Crippen molar-refractivity contribution in [1.29, 1.82) is 0 Å². The molecule has 0 N–H and O–H groups in total. The molecule has 0 aliphatic heterocycles. The van der Waals surface area contributed by atoms with E-state index >= 15 is 0 Å². The van der Waals surface area contributed by atoms with E-state index in [2.05, 4.69) is 15.4 Å². The molecule has 32 heavy (non-hydrogen) atoms. The lowest BCUT2D eigenvalue weighted by atomic mass is 10.1. The zero-order chi connectivity index (χ0) is 22.7. The van der Waals surface area contributed by atoms with Gasteiger partial charge in [0, 0.05) is 24.2 Å². The van der Waals surface area contributed by atoms with Crippen LogP contribution >= 0.6 is 0 Å². The van der Waals surface area contributed by atoms with Crippen LogP contribution in [0.25, 0.3) is 16.9 Å². The summed E-state index contributed by atoms with van der Waals surface area (Å²) < 4.78 is 19.4. The fraction of sp³-hybridized carbons (Fsp3) is 0.217. The predicted octanol–water partition coefficient (Wildman–Crippen LogP) is 2.93. The highest BCUT2D eigenvalue weighted by Gasteiger charge is 2.15. The van der Waals surface area contributed by atoms with Crippen LogP contribution in [-0.2, 0) is 13.7 Å². The van der Waals surface area contributed by atoms with E-state index in [1.165, 1.54) is 9.36 Å². The van der Waals surface area contributed by atoms with Gasteiger partial charge in [0.2, 0.25) is 5.88 Å². The molecule has 2 aromatic carbocycles. The molecule has 164 valence electrons. The maximum Gasteiger partial charge on any atom is 0.368 e. The van der Waals surface area contributed by atoms with Gasteiger partial charge in [0.25, 0.3) is 0 Å². The number of methoxy groups -OCH3 is 2. The largest absolute Gasteiger partial charge is 0.493 e. The molecule has 2 aromatic heterocycles. The van der Waals surface area contributed by atoms with Crippen LogP contribution in [0.2, 0.25) is 0 Å². The Morgan fingerprint density at radius 1 is 0.938 bits per heavy atom. The van der Waals surface area contributed by atoms with Crippen LogP contribution in [-0.4, -0.2) is 39.0 Å². The van der Waals surface area contributed by atoms with Gasteiger partial charge in [-0.25, -0.2) is 9.78 Å². The topological polar surface area (TPSA) is 93.3 Å². The lowest BCUT2D eigenvalue weighted by Crippen LogP contribution is -2.23. The molecule has 9 heteroatoms. The highest BCUT2D eigenvalue weighted by atomic mass is 16.5. The van der Waals surface area contributed by atoms with Gasteiger partial charge in [0.05, 0.1) is 25.6 Å². The van der Waals surface area contributed by atoms with Crippen molar-refractivity contribution < 1.29 is 14.2 Å². The average molecular weight is 433 g/mol. The van der Waals surface area contributed by atoms with Gasteiger partial charge in [-0.3, -0.25) is 0 Å². The van der Waals surface area contributed by atoms with Crippen LogP contribution in [0, 0.1) is 6.92 Å². The molecule has 0 unspecified atom stereocenters. The zero-order valence-electron chi connectivity index (χ0n) is 18.3. The molecule has 0 radical (unpaired) electrons. The van der Waals surface area contributed by atoms with Crippen molar-refractivity contribution >= 4 is 0 Å². The summed E-state index contributed by atoms with van der Waals surface area (Å²) in [6.45, 7) is 2.16. The number of pyridine rings is 1. The van der Waals surface area contributed by atoms with Gasteiger partial charge >= 0.3 is 5.69 Å². The summed E-state index contributed by atoms with van der Waals surface area (Å²) in [7, 11) is 4.74. The average Bonchev–Trinajstić information content (AvgIpc) is 3.15. The number of para-hydroxylation sites is 1. The highest BCUT2D eigenvalue weighted by molar-refractivity contribution is 5.71. The van der Waals surface area contributed by atoms with Crippen LogP contribution in [0.3, 0.4) is 0 Å². The van der Waals surface area contributed by atoms with Gasteiger partial charge in [0.15, 0.2) is 11.5 Å². The Morgan fingerprint density at radius 2 is 1.72 bits per heavy atom. The fourth-order valence-electron chi connectivity index (χ4n) is 3.42. The van der Waals surface area contributed by atoms with Crippen LogP contribution in [0.15, 0.2) is 59.4 Å². The maximum atomic E-state index is 12.3. The molecule has 4 aromatic rings. The molecule has 0 aliphatic rings. The summed E-state index contributed by atoms with van der Waals surface area (Å²) in [5.74, 6) is 1.66. The number of rotatable bonds is 7. The second-order valence-corrected chi connectivity index (χ2v) is 7.06. The van der Waals surface area contributed by atoms with E-state index in [0.29, 0.717) is 28.8 Å². The zero-order valence-corrected chi connectivity index (χ0v) is 18.3. The Bertz CT molecular complexity index is 1310. The van der Waals surface area contributed by atoms with Gasteiger partial charge < -0.3 is 14.2 Å². The first-order valence-electron chi connectivity index (χ1n) is 9.92. The number of aryl methyl sites for hydroxylation is 2.